The summed E-state index contributed by atoms with van der Waals surface area (Å²) in [6, 6.07) is 16.8. The molecule has 2 N–H and O–H groups in total. The molecule has 8 heteroatoms. The Morgan fingerprint density at radius 3 is 2.16 bits per heavy atom. The molecular formula is C24H26N2O5S. The molecule has 0 spiro atoms. The van der Waals surface area contributed by atoms with E-state index in [1.807, 2.05) is 32.0 Å². The van der Waals surface area contributed by atoms with Crippen molar-refractivity contribution in [1.82, 2.24) is 0 Å². The zero-order chi connectivity index (χ0) is 23.3. The summed E-state index contributed by atoms with van der Waals surface area (Å²) in [6.45, 7) is 5.50. The third-order valence-electron chi connectivity index (χ3n) is 4.70. The number of hydrogen-bond acceptors (Lipinski definition) is 5. The van der Waals surface area contributed by atoms with Crippen LogP contribution in [0.2, 0.25) is 0 Å². The minimum atomic E-state index is -3.85. The fourth-order valence-electron chi connectivity index (χ4n) is 3.13. The van der Waals surface area contributed by atoms with Crippen LogP contribution in [0.1, 0.15) is 16.7 Å². The van der Waals surface area contributed by atoms with Crippen LogP contribution in [-0.2, 0) is 14.8 Å². The zero-order valence-corrected chi connectivity index (χ0v) is 19.2. The normalized spacial score (nSPS) is 11.0. The maximum Gasteiger partial charge on any atom is 0.262 e. The molecule has 1 amide bonds. The molecule has 0 fully saturated rings. The highest BCUT2D eigenvalue weighted by Gasteiger charge is 2.17. The van der Waals surface area contributed by atoms with E-state index in [1.54, 1.807) is 37.3 Å². The summed E-state index contributed by atoms with van der Waals surface area (Å²) in [6.07, 6.45) is 0. The van der Waals surface area contributed by atoms with Gasteiger partial charge in [-0.3, -0.25) is 9.52 Å². The second-order valence-corrected chi connectivity index (χ2v) is 9.15. The standard InChI is InChI=1S/C24H26N2O5S/c1-16-11-17(2)13-21(12-16)31-15-24(27)25-23-14-22(10-5-18(23)3)32(28,29)26-19-6-8-20(30-4)9-7-19/h5-14,26H,15H2,1-4H3,(H,25,27). The molecular weight excluding hydrogens is 428 g/mol. The third-order valence-corrected chi connectivity index (χ3v) is 6.08. The Morgan fingerprint density at radius 2 is 1.53 bits per heavy atom. The lowest BCUT2D eigenvalue weighted by atomic mass is 10.1. The topological polar surface area (TPSA) is 93.7 Å². The number of nitrogens with one attached hydrogen (secondary N) is 2. The number of ether oxygens (including phenoxy) is 2. The molecule has 0 aromatic heterocycles. The van der Waals surface area contributed by atoms with Crippen molar-refractivity contribution in [2.75, 3.05) is 23.8 Å². The van der Waals surface area contributed by atoms with Crippen LogP contribution in [0.15, 0.2) is 65.6 Å². The van der Waals surface area contributed by atoms with Crippen molar-refractivity contribution in [3.63, 3.8) is 0 Å². The van der Waals surface area contributed by atoms with Gasteiger partial charge in [0.2, 0.25) is 0 Å². The minimum absolute atomic E-state index is 0.0319. The number of methoxy groups -OCH3 is 1. The number of benzene rings is 3. The summed E-state index contributed by atoms with van der Waals surface area (Å²) < 4.78 is 38.8. The summed E-state index contributed by atoms with van der Waals surface area (Å²) in [4.78, 5) is 12.4. The van der Waals surface area contributed by atoms with Gasteiger partial charge in [0.1, 0.15) is 11.5 Å². The van der Waals surface area contributed by atoms with Gasteiger partial charge in [-0.2, -0.15) is 0 Å². The molecule has 168 valence electrons. The summed E-state index contributed by atoms with van der Waals surface area (Å²) >= 11 is 0. The Bertz CT molecular complexity index is 1200. The van der Waals surface area contributed by atoms with Crippen LogP contribution in [0, 0.1) is 20.8 Å². The van der Waals surface area contributed by atoms with Crippen molar-refractivity contribution in [2.45, 2.75) is 25.7 Å². The van der Waals surface area contributed by atoms with Gasteiger partial charge in [-0.25, -0.2) is 8.42 Å². The molecule has 3 aromatic rings. The number of hydrogen-bond donors (Lipinski definition) is 2. The molecule has 7 nitrogen and oxygen atoms in total. The first-order chi connectivity index (χ1) is 15.2. The zero-order valence-electron chi connectivity index (χ0n) is 18.4. The average Bonchev–Trinajstić information content (AvgIpc) is 2.73. The lowest BCUT2D eigenvalue weighted by Crippen LogP contribution is -2.21. The van der Waals surface area contributed by atoms with Crippen molar-refractivity contribution < 1.29 is 22.7 Å². The molecule has 32 heavy (non-hydrogen) atoms. The van der Waals surface area contributed by atoms with Crippen LogP contribution in [-0.4, -0.2) is 28.0 Å². The van der Waals surface area contributed by atoms with Crippen LogP contribution >= 0.6 is 0 Å². The van der Waals surface area contributed by atoms with Crippen molar-refractivity contribution in [1.29, 1.82) is 0 Å². The second-order valence-electron chi connectivity index (χ2n) is 7.47. The van der Waals surface area contributed by atoms with Gasteiger partial charge in [-0.05, 0) is 86.0 Å². The van der Waals surface area contributed by atoms with Gasteiger partial charge in [-0.15, -0.1) is 0 Å². The number of anilines is 2. The Balaban J connectivity index is 1.70. The van der Waals surface area contributed by atoms with Gasteiger partial charge in [0.25, 0.3) is 15.9 Å². The molecule has 0 aliphatic rings. The summed E-state index contributed by atoms with van der Waals surface area (Å²) in [7, 11) is -2.31. The van der Waals surface area contributed by atoms with Crippen molar-refractivity contribution in [3.05, 3.63) is 77.4 Å². The van der Waals surface area contributed by atoms with E-state index in [2.05, 4.69) is 10.0 Å². The molecule has 0 heterocycles. The molecule has 0 aliphatic carbocycles. The molecule has 0 saturated heterocycles. The lowest BCUT2D eigenvalue weighted by Gasteiger charge is -2.13. The smallest absolute Gasteiger partial charge is 0.262 e. The molecule has 0 unspecified atom stereocenters. The van der Waals surface area contributed by atoms with Crippen molar-refractivity contribution >= 4 is 27.3 Å². The van der Waals surface area contributed by atoms with E-state index >= 15 is 0 Å². The number of carbonyl (C=O) groups is 1. The fraction of sp³-hybridized carbons (Fsp3) is 0.208. The first-order valence-corrected chi connectivity index (χ1v) is 11.4. The van der Waals surface area contributed by atoms with E-state index in [0.717, 1.165) is 16.7 Å². The first kappa shape index (κ1) is 23.1. The number of aryl methyl sites for hydroxylation is 3. The maximum atomic E-state index is 12.8. The molecule has 0 bridgehead atoms. The van der Waals surface area contributed by atoms with Crippen molar-refractivity contribution in [3.8, 4) is 11.5 Å². The van der Waals surface area contributed by atoms with Gasteiger partial charge in [-0.1, -0.05) is 12.1 Å². The summed E-state index contributed by atoms with van der Waals surface area (Å²) in [5, 5.41) is 2.73. The van der Waals surface area contributed by atoms with Gasteiger partial charge in [0.15, 0.2) is 6.61 Å². The average molecular weight is 455 g/mol. The number of carbonyl (C=O) groups excluding carboxylic acids is 1. The third kappa shape index (κ3) is 6.01. The Hall–Kier alpha value is -3.52. The van der Waals surface area contributed by atoms with E-state index in [-0.39, 0.29) is 17.4 Å². The number of sulfonamides is 1. The van der Waals surface area contributed by atoms with E-state index in [0.29, 0.717) is 22.9 Å². The summed E-state index contributed by atoms with van der Waals surface area (Å²) in [5.74, 6) is 0.843. The Labute approximate surface area is 188 Å². The predicted molar refractivity (Wildman–Crippen MR) is 125 cm³/mol. The number of rotatable bonds is 8. The largest absolute Gasteiger partial charge is 0.497 e. The van der Waals surface area contributed by atoms with Crippen molar-refractivity contribution in [2.24, 2.45) is 0 Å². The highest BCUT2D eigenvalue weighted by Crippen LogP contribution is 2.24. The fourth-order valence-corrected chi connectivity index (χ4v) is 4.21. The highest BCUT2D eigenvalue weighted by atomic mass is 32.2. The van der Waals surface area contributed by atoms with Gasteiger partial charge >= 0.3 is 0 Å². The number of amides is 1. The lowest BCUT2D eigenvalue weighted by molar-refractivity contribution is -0.118. The Kier molecular flexibility index (Phi) is 7.05. The molecule has 3 rings (SSSR count). The van der Waals surface area contributed by atoms with E-state index in [1.165, 1.54) is 19.2 Å². The van der Waals surface area contributed by atoms with E-state index in [4.69, 9.17) is 9.47 Å². The molecule has 3 aromatic carbocycles. The molecule has 0 radical (unpaired) electrons. The SMILES string of the molecule is COc1ccc(NS(=O)(=O)c2ccc(C)c(NC(=O)COc3cc(C)cc(C)c3)c2)cc1. The van der Waals surface area contributed by atoms with Crippen LogP contribution in [0.3, 0.4) is 0 Å². The quantitative estimate of drug-likeness (QED) is 0.525. The monoisotopic (exact) mass is 454 g/mol. The van der Waals surface area contributed by atoms with Crippen LogP contribution in [0.5, 0.6) is 11.5 Å². The van der Waals surface area contributed by atoms with E-state index < -0.39 is 10.0 Å². The van der Waals surface area contributed by atoms with Gasteiger partial charge < -0.3 is 14.8 Å². The summed E-state index contributed by atoms with van der Waals surface area (Å²) in [5.41, 5.74) is 3.61. The Morgan fingerprint density at radius 1 is 0.875 bits per heavy atom. The maximum absolute atomic E-state index is 12.8. The molecule has 0 atom stereocenters. The second kappa shape index (κ2) is 9.74. The molecule has 0 aliphatic heterocycles. The minimum Gasteiger partial charge on any atom is -0.497 e. The predicted octanol–water partition coefficient (Wildman–Crippen LogP) is 4.44. The highest BCUT2D eigenvalue weighted by molar-refractivity contribution is 7.92. The van der Waals surface area contributed by atoms with Crippen LogP contribution < -0.4 is 19.5 Å². The van der Waals surface area contributed by atoms with Gasteiger partial charge in [0, 0.05) is 11.4 Å². The van der Waals surface area contributed by atoms with Crippen LogP contribution in [0.4, 0.5) is 11.4 Å². The molecule has 0 saturated carbocycles. The first-order valence-electron chi connectivity index (χ1n) is 9.95. The van der Waals surface area contributed by atoms with Crippen LogP contribution in [0.25, 0.3) is 0 Å². The van der Waals surface area contributed by atoms with Gasteiger partial charge in [0.05, 0.1) is 12.0 Å². The van der Waals surface area contributed by atoms with E-state index in [9.17, 15) is 13.2 Å².